The number of fused-ring (bicyclic) bond motifs is 2. The van der Waals surface area contributed by atoms with Gasteiger partial charge in [0, 0.05) is 19.5 Å². The normalized spacial score (nSPS) is 34.4. The van der Waals surface area contributed by atoms with E-state index in [1.807, 2.05) is 0 Å². The molecule has 56 heavy (non-hydrogen) atoms. The van der Waals surface area contributed by atoms with Crippen molar-refractivity contribution < 1.29 is 53.2 Å². The molecule has 19 nitrogen and oxygen atoms in total. The summed E-state index contributed by atoms with van der Waals surface area (Å²) in [5.41, 5.74) is 3.15. The second-order valence-corrected chi connectivity index (χ2v) is 16.5. The number of carbonyl (C=O) groups is 7. The Labute approximate surface area is 328 Å². The van der Waals surface area contributed by atoms with Gasteiger partial charge in [-0.1, -0.05) is 27.7 Å². The fourth-order valence-corrected chi connectivity index (χ4v) is 7.67. The molecule has 4 aliphatic heterocycles. The third-order valence-corrected chi connectivity index (χ3v) is 11.2. The molecule has 10 atom stereocenters. The lowest BCUT2D eigenvalue weighted by Crippen LogP contribution is -2.70. The molecule has 4 fully saturated rings. The Morgan fingerprint density at radius 3 is 2.04 bits per heavy atom. The summed E-state index contributed by atoms with van der Waals surface area (Å²) in [6.07, 6.45) is 0.581. The number of aliphatic hydroxyl groups is 2. The second-order valence-electron chi connectivity index (χ2n) is 16.5. The molecule has 4 saturated heterocycles. The van der Waals surface area contributed by atoms with Gasteiger partial charge < -0.3 is 41.0 Å². The first-order chi connectivity index (χ1) is 26.2. The summed E-state index contributed by atoms with van der Waals surface area (Å²) in [5.74, 6) is -8.43. The van der Waals surface area contributed by atoms with E-state index in [0.717, 1.165) is 23.4 Å². The van der Waals surface area contributed by atoms with Crippen molar-refractivity contribution in [2.24, 2.45) is 17.8 Å². The van der Waals surface area contributed by atoms with Crippen molar-refractivity contribution in [3.8, 4) is 0 Å². The van der Waals surface area contributed by atoms with Gasteiger partial charge in [-0.15, -0.1) is 0 Å². The van der Waals surface area contributed by atoms with Gasteiger partial charge in [-0.25, -0.2) is 15.6 Å². The molecule has 0 aromatic heterocycles. The van der Waals surface area contributed by atoms with Gasteiger partial charge in [0.1, 0.15) is 36.3 Å². The fourth-order valence-electron chi connectivity index (χ4n) is 7.67. The van der Waals surface area contributed by atoms with Crippen molar-refractivity contribution in [3.05, 3.63) is 0 Å². The van der Waals surface area contributed by atoms with E-state index in [4.69, 9.17) is 9.47 Å². The lowest BCUT2D eigenvalue weighted by Gasteiger charge is -2.47. The van der Waals surface area contributed by atoms with Crippen molar-refractivity contribution in [2.75, 3.05) is 19.6 Å². The molecule has 6 amide bonds. The molecule has 0 bridgehead atoms. The minimum absolute atomic E-state index is 0.0639. The monoisotopic (exact) mass is 794 g/mol. The van der Waals surface area contributed by atoms with Crippen molar-refractivity contribution >= 4 is 41.4 Å². The van der Waals surface area contributed by atoms with Gasteiger partial charge in [-0.3, -0.25) is 38.8 Å². The fraction of sp³-hybridized carbons (Fsp3) is 0.811. The second kappa shape index (κ2) is 18.6. The predicted octanol–water partition coefficient (Wildman–Crippen LogP) is -1.53. The zero-order chi connectivity index (χ0) is 41.7. The Balaban J connectivity index is 1.71. The van der Waals surface area contributed by atoms with Gasteiger partial charge in [-0.2, -0.15) is 0 Å². The average molecular weight is 795 g/mol. The van der Waals surface area contributed by atoms with E-state index in [-0.39, 0.29) is 31.7 Å². The third kappa shape index (κ3) is 10.1. The zero-order valence-electron chi connectivity index (χ0n) is 33.8. The van der Waals surface area contributed by atoms with Crippen LogP contribution in [0.5, 0.6) is 0 Å². The number of nitrogens with one attached hydrogen (secondary N) is 6. The standard InChI is InChI=1S/C37H62N8O11/c1-19(2)17-24-13-14-37(54,56-23(24)7)36(8,53)35(52)43-28-29(20(3)4)55-34(51)22(6)42-31(48)25-11-9-15-39-44(25)27(46)18-38-30(47)21(5)41-32(49)26-12-10-16-40-45(26)33(28)50/h19-26,28-29,39-40,53-54H,9-18H2,1-8H3,(H,38,47)(H,41,49)(H,42,48)(H,43,52). The lowest BCUT2D eigenvalue weighted by atomic mass is 9.79. The first-order valence-electron chi connectivity index (χ1n) is 19.8. The van der Waals surface area contributed by atoms with Crippen LogP contribution in [0.15, 0.2) is 0 Å². The summed E-state index contributed by atoms with van der Waals surface area (Å²) >= 11 is 0. The minimum Gasteiger partial charge on any atom is -0.458 e. The Hall–Kier alpha value is -3.91. The van der Waals surface area contributed by atoms with E-state index < -0.39 is 108 Å². The maximum atomic E-state index is 14.7. The first kappa shape index (κ1) is 44.8. The molecule has 0 aromatic carbocycles. The minimum atomic E-state index is -2.62. The number of hydrogen-bond acceptors (Lipinski definition) is 13. The molecule has 0 saturated carbocycles. The van der Waals surface area contributed by atoms with Crippen LogP contribution < -0.4 is 32.1 Å². The summed E-state index contributed by atoms with van der Waals surface area (Å²) in [6, 6.07) is -6.46. The number of ether oxygens (including phenoxy) is 2. The van der Waals surface area contributed by atoms with Gasteiger partial charge in [0.05, 0.1) is 12.6 Å². The summed E-state index contributed by atoms with van der Waals surface area (Å²) < 4.78 is 11.8. The summed E-state index contributed by atoms with van der Waals surface area (Å²) in [7, 11) is 0. The van der Waals surface area contributed by atoms with Gasteiger partial charge in [0.2, 0.25) is 23.5 Å². The highest BCUT2D eigenvalue weighted by Gasteiger charge is 2.57. The molecule has 0 spiro atoms. The number of hydrazine groups is 2. The highest BCUT2D eigenvalue weighted by molar-refractivity contribution is 5.97. The highest BCUT2D eigenvalue weighted by Crippen LogP contribution is 2.40. The number of rotatable bonds is 6. The molecular formula is C37H62N8O11. The number of hydrogen-bond donors (Lipinski definition) is 8. The topological polar surface area (TPSA) is 257 Å². The van der Waals surface area contributed by atoms with Gasteiger partial charge in [0.15, 0.2) is 5.60 Å². The Morgan fingerprint density at radius 1 is 0.893 bits per heavy atom. The Kier molecular flexibility index (Phi) is 14.9. The molecule has 8 N–H and O–H groups in total. The maximum absolute atomic E-state index is 14.7. The van der Waals surface area contributed by atoms with E-state index in [1.165, 1.54) is 13.8 Å². The van der Waals surface area contributed by atoms with Crippen LogP contribution in [0, 0.1) is 17.8 Å². The van der Waals surface area contributed by atoms with Gasteiger partial charge >= 0.3 is 5.97 Å². The van der Waals surface area contributed by atoms with Gasteiger partial charge in [0.25, 0.3) is 17.7 Å². The van der Waals surface area contributed by atoms with E-state index in [2.05, 4.69) is 46.0 Å². The van der Waals surface area contributed by atoms with Crippen molar-refractivity contribution in [3.63, 3.8) is 0 Å². The molecule has 4 heterocycles. The molecular weight excluding hydrogens is 732 g/mol. The Morgan fingerprint density at radius 2 is 1.46 bits per heavy atom. The molecule has 10 unspecified atom stereocenters. The smallest absolute Gasteiger partial charge is 0.328 e. The number of nitrogens with zero attached hydrogens (tertiary/aromatic N) is 2. The van der Waals surface area contributed by atoms with E-state index in [9.17, 15) is 43.8 Å². The molecule has 4 aliphatic rings. The SMILES string of the molecule is CC(C)CC1CCC(O)(C(C)(O)C(=O)NC2C(=O)N3NCCCC3C(=O)NC(C)C(=O)NCC(=O)N3NCCCC3C(=O)NC(C)C(=O)OC2C(C)C)OC1C. The van der Waals surface area contributed by atoms with Crippen LogP contribution in [0.2, 0.25) is 0 Å². The van der Waals surface area contributed by atoms with Crippen LogP contribution in [0.25, 0.3) is 0 Å². The van der Waals surface area contributed by atoms with E-state index in [1.54, 1.807) is 20.8 Å². The zero-order valence-corrected chi connectivity index (χ0v) is 33.8. The summed E-state index contributed by atoms with van der Waals surface area (Å²) in [4.78, 5) is 96.0. The molecule has 4 rings (SSSR count). The highest BCUT2D eigenvalue weighted by atomic mass is 16.6. The number of cyclic esters (lactones) is 1. The summed E-state index contributed by atoms with van der Waals surface area (Å²) in [5, 5.41) is 35.7. The molecule has 0 aliphatic carbocycles. The summed E-state index contributed by atoms with van der Waals surface area (Å²) in [6.45, 7) is 13.1. The van der Waals surface area contributed by atoms with Crippen LogP contribution in [0.4, 0.5) is 0 Å². The molecule has 316 valence electrons. The van der Waals surface area contributed by atoms with Crippen LogP contribution in [-0.4, -0.2) is 135 Å². The van der Waals surface area contributed by atoms with E-state index >= 15 is 0 Å². The van der Waals surface area contributed by atoms with Crippen LogP contribution in [0.3, 0.4) is 0 Å². The number of amides is 6. The molecule has 0 aromatic rings. The molecule has 0 radical (unpaired) electrons. The third-order valence-electron chi connectivity index (χ3n) is 11.2. The van der Waals surface area contributed by atoms with Crippen LogP contribution >= 0.6 is 0 Å². The quantitative estimate of drug-likeness (QED) is 0.142. The number of carbonyl (C=O) groups excluding carboxylic acids is 7. The van der Waals surface area contributed by atoms with Crippen LogP contribution in [-0.2, 0) is 43.0 Å². The van der Waals surface area contributed by atoms with Crippen molar-refractivity contribution in [1.29, 1.82) is 0 Å². The average Bonchev–Trinajstić information content (AvgIpc) is 3.14. The largest absolute Gasteiger partial charge is 0.458 e. The van der Waals surface area contributed by atoms with Gasteiger partial charge in [-0.05, 0) is 84.0 Å². The number of esters is 1. The maximum Gasteiger partial charge on any atom is 0.328 e. The van der Waals surface area contributed by atoms with E-state index in [0.29, 0.717) is 31.7 Å². The lowest BCUT2D eigenvalue weighted by molar-refractivity contribution is -0.326. The molecule has 19 heteroatoms. The predicted molar refractivity (Wildman–Crippen MR) is 199 cm³/mol. The van der Waals surface area contributed by atoms with Crippen LogP contribution in [0.1, 0.15) is 100 Å². The first-order valence-corrected chi connectivity index (χ1v) is 19.8. The van der Waals surface area contributed by atoms with Crippen molar-refractivity contribution in [2.45, 2.75) is 154 Å². The Bertz CT molecular complexity index is 1490. The van der Waals surface area contributed by atoms with Crippen molar-refractivity contribution in [1.82, 2.24) is 42.1 Å².